The third-order valence-corrected chi connectivity index (χ3v) is 4.87. The Morgan fingerprint density at radius 3 is 2.69 bits per heavy atom. The number of fused-ring (bicyclic) bond motifs is 1. The highest BCUT2D eigenvalue weighted by Crippen LogP contribution is 2.32. The topological polar surface area (TPSA) is 68.6 Å². The fourth-order valence-electron chi connectivity index (χ4n) is 3.25. The summed E-state index contributed by atoms with van der Waals surface area (Å²) < 4.78 is 12.6. The third kappa shape index (κ3) is 4.51. The molecule has 0 bridgehead atoms. The van der Waals surface area contributed by atoms with Crippen molar-refractivity contribution in [3.8, 4) is 17.2 Å². The maximum Gasteiger partial charge on any atom is 0.317 e. The minimum atomic E-state index is -0.0710. The molecule has 2 amide bonds. The maximum absolute atomic E-state index is 12.6. The second-order valence-corrected chi connectivity index (χ2v) is 6.80. The lowest BCUT2D eigenvalue weighted by Gasteiger charge is -2.21. The van der Waals surface area contributed by atoms with E-state index in [0.29, 0.717) is 19.6 Å². The Hall–Kier alpha value is -3.48. The van der Waals surface area contributed by atoms with Gasteiger partial charge in [0, 0.05) is 32.0 Å². The Bertz CT molecular complexity index is 955. The summed E-state index contributed by atoms with van der Waals surface area (Å²) in [6.45, 7) is 3.95. The molecule has 1 aromatic heterocycles. The van der Waals surface area contributed by atoms with Crippen LogP contribution in [0, 0.1) is 0 Å². The van der Waals surface area contributed by atoms with E-state index >= 15 is 0 Å². The van der Waals surface area contributed by atoms with E-state index in [1.54, 1.807) is 11.1 Å². The summed E-state index contributed by atoms with van der Waals surface area (Å²) in [6, 6.07) is 15.8. The lowest BCUT2D eigenvalue weighted by atomic mass is 10.1. The van der Waals surface area contributed by atoms with Gasteiger partial charge < -0.3 is 19.7 Å². The van der Waals surface area contributed by atoms with Gasteiger partial charge in [-0.3, -0.25) is 0 Å². The van der Waals surface area contributed by atoms with E-state index in [1.807, 2.05) is 54.2 Å². The van der Waals surface area contributed by atoms with E-state index in [-0.39, 0.29) is 12.8 Å². The van der Waals surface area contributed by atoms with Gasteiger partial charge in [-0.15, -0.1) is 0 Å². The van der Waals surface area contributed by atoms with Gasteiger partial charge >= 0.3 is 6.03 Å². The van der Waals surface area contributed by atoms with Gasteiger partial charge in [-0.25, -0.2) is 9.48 Å². The molecule has 0 radical (unpaired) electrons. The molecule has 1 aliphatic rings. The highest BCUT2D eigenvalue weighted by molar-refractivity contribution is 5.74. The van der Waals surface area contributed by atoms with Gasteiger partial charge in [0.2, 0.25) is 6.79 Å². The number of carbonyl (C=O) groups excluding carboxylic acids is 1. The van der Waals surface area contributed by atoms with Crippen LogP contribution in [0.2, 0.25) is 0 Å². The Balaban J connectivity index is 1.28. The zero-order valence-corrected chi connectivity index (χ0v) is 16.4. The molecule has 0 spiro atoms. The molecule has 0 unspecified atom stereocenters. The van der Waals surface area contributed by atoms with Gasteiger partial charge in [0.15, 0.2) is 11.5 Å². The zero-order chi connectivity index (χ0) is 20.1. The molecule has 0 saturated heterocycles. The predicted molar refractivity (Wildman–Crippen MR) is 109 cm³/mol. The molecule has 29 heavy (non-hydrogen) atoms. The SMILES string of the molecule is CCN(Cc1ccc2c(c1)OCO2)C(=O)NCCc1ccc(-n2cccn2)cc1. The van der Waals surface area contributed by atoms with E-state index in [2.05, 4.69) is 22.5 Å². The summed E-state index contributed by atoms with van der Waals surface area (Å²) >= 11 is 0. The van der Waals surface area contributed by atoms with Crippen molar-refractivity contribution in [2.75, 3.05) is 19.9 Å². The van der Waals surface area contributed by atoms with Crippen LogP contribution in [0.15, 0.2) is 60.9 Å². The van der Waals surface area contributed by atoms with Crippen LogP contribution in [0.3, 0.4) is 0 Å². The maximum atomic E-state index is 12.6. The van der Waals surface area contributed by atoms with Crippen LogP contribution in [0.4, 0.5) is 4.79 Å². The van der Waals surface area contributed by atoms with Crippen LogP contribution in [-0.4, -0.2) is 40.6 Å². The van der Waals surface area contributed by atoms with Crippen molar-refractivity contribution in [3.63, 3.8) is 0 Å². The minimum Gasteiger partial charge on any atom is -0.454 e. The van der Waals surface area contributed by atoms with Gasteiger partial charge in [0.25, 0.3) is 0 Å². The van der Waals surface area contributed by atoms with Crippen LogP contribution in [0.1, 0.15) is 18.1 Å². The molecule has 2 heterocycles. The smallest absolute Gasteiger partial charge is 0.317 e. The number of amides is 2. The number of nitrogens with zero attached hydrogens (tertiary/aromatic N) is 3. The molecular weight excluding hydrogens is 368 g/mol. The number of rotatable bonds is 7. The molecular formula is C22H24N4O3. The fourth-order valence-corrected chi connectivity index (χ4v) is 3.25. The van der Waals surface area contributed by atoms with Crippen molar-refractivity contribution < 1.29 is 14.3 Å². The first kappa shape index (κ1) is 18.9. The number of hydrogen-bond donors (Lipinski definition) is 1. The molecule has 4 rings (SSSR count). The van der Waals surface area contributed by atoms with Crippen LogP contribution < -0.4 is 14.8 Å². The van der Waals surface area contributed by atoms with Crippen molar-refractivity contribution in [3.05, 3.63) is 72.1 Å². The van der Waals surface area contributed by atoms with Crippen molar-refractivity contribution in [1.29, 1.82) is 0 Å². The van der Waals surface area contributed by atoms with Gasteiger partial charge in [-0.2, -0.15) is 5.10 Å². The highest BCUT2D eigenvalue weighted by atomic mass is 16.7. The summed E-state index contributed by atoms with van der Waals surface area (Å²) in [7, 11) is 0. The van der Waals surface area contributed by atoms with Crippen molar-refractivity contribution in [2.45, 2.75) is 19.9 Å². The number of benzene rings is 2. The number of urea groups is 1. The van der Waals surface area contributed by atoms with E-state index in [9.17, 15) is 4.79 Å². The average Bonchev–Trinajstić information content (AvgIpc) is 3.44. The summed E-state index contributed by atoms with van der Waals surface area (Å²) in [6.07, 6.45) is 4.44. The Morgan fingerprint density at radius 2 is 1.93 bits per heavy atom. The zero-order valence-electron chi connectivity index (χ0n) is 16.4. The first-order valence-electron chi connectivity index (χ1n) is 9.73. The van der Waals surface area contributed by atoms with Crippen LogP contribution in [0.5, 0.6) is 11.5 Å². The molecule has 7 heteroatoms. The Morgan fingerprint density at radius 1 is 1.14 bits per heavy atom. The van der Waals surface area contributed by atoms with E-state index in [1.165, 1.54) is 5.56 Å². The molecule has 3 aromatic rings. The third-order valence-electron chi connectivity index (χ3n) is 4.87. The van der Waals surface area contributed by atoms with Crippen LogP contribution in [0.25, 0.3) is 5.69 Å². The largest absolute Gasteiger partial charge is 0.454 e. The molecule has 0 aliphatic carbocycles. The van der Waals surface area contributed by atoms with E-state index in [0.717, 1.165) is 29.2 Å². The number of ether oxygens (including phenoxy) is 2. The predicted octanol–water partition coefficient (Wildman–Crippen LogP) is 3.38. The van der Waals surface area contributed by atoms with E-state index in [4.69, 9.17) is 9.47 Å². The second kappa shape index (κ2) is 8.68. The molecule has 1 aliphatic heterocycles. The summed E-state index contributed by atoms with van der Waals surface area (Å²) in [5.41, 5.74) is 3.20. The highest BCUT2D eigenvalue weighted by Gasteiger charge is 2.16. The molecule has 0 saturated carbocycles. The average molecular weight is 392 g/mol. The van der Waals surface area contributed by atoms with Gasteiger partial charge in [-0.05, 0) is 54.8 Å². The quantitative estimate of drug-likeness (QED) is 0.669. The normalized spacial score (nSPS) is 12.0. The summed E-state index contributed by atoms with van der Waals surface area (Å²) in [4.78, 5) is 14.3. The standard InChI is InChI=1S/C22H24N4O3/c1-2-25(15-18-6-9-20-21(14-18)29-16-28-20)22(27)23-12-10-17-4-7-19(8-5-17)26-13-3-11-24-26/h3-9,11,13-14H,2,10,12,15-16H2,1H3,(H,23,27). The fraction of sp³-hybridized carbons (Fsp3) is 0.273. The van der Waals surface area contributed by atoms with Gasteiger partial charge in [-0.1, -0.05) is 18.2 Å². The molecule has 1 N–H and O–H groups in total. The van der Waals surface area contributed by atoms with Crippen LogP contribution >= 0.6 is 0 Å². The second-order valence-electron chi connectivity index (χ2n) is 6.80. The Kier molecular flexibility index (Phi) is 5.65. The molecule has 2 aromatic carbocycles. The minimum absolute atomic E-state index is 0.0710. The Labute approximate surface area is 169 Å². The van der Waals surface area contributed by atoms with Crippen LogP contribution in [-0.2, 0) is 13.0 Å². The summed E-state index contributed by atoms with van der Waals surface area (Å²) in [5.74, 6) is 1.48. The van der Waals surface area contributed by atoms with Gasteiger partial charge in [0.1, 0.15) is 0 Å². The lowest BCUT2D eigenvalue weighted by Crippen LogP contribution is -2.40. The monoisotopic (exact) mass is 392 g/mol. The lowest BCUT2D eigenvalue weighted by molar-refractivity contribution is 0.173. The summed E-state index contributed by atoms with van der Waals surface area (Å²) in [5, 5.41) is 7.23. The van der Waals surface area contributed by atoms with E-state index < -0.39 is 0 Å². The molecule has 150 valence electrons. The molecule has 7 nitrogen and oxygen atoms in total. The van der Waals surface area contributed by atoms with Crippen molar-refractivity contribution in [2.24, 2.45) is 0 Å². The van der Waals surface area contributed by atoms with Gasteiger partial charge in [0.05, 0.1) is 5.69 Å². The van der Waals surface area contributed by atoms with Crippen molar-refractivity contribution >= 4 is 6.03 Å². The first-order valence-corrected chi connectivity index (χ1v) is 9.73. The van der Waals surface area contributed by atoms with Crippen molar-refractivity contribution in [1.82, 2.24) is 20.0 Å². The molecule has 0 fully saturated rings. The number of aromatic nitrogens is 2. The first-order chi connectivity index (χ1) is 14.2. The molecule has 0 atom stereocenters. The number of hydrogen-bond acceptors (Lipinski definition) is 4. The number of nitrogens with one attached hydrogen (secondary N) is 1. The number of carbonyl (C=O) groups is 1.